The molecule has 2 aromatic carbocycles. The molecule has 0 aromatic heterocycles. The second-order valence-corrected chi connectivity index (χ2v) is 6.31. The molecular weight excluding hydrogens is 312 g/mol. The lowest BCUT2D eigenvalue weighted by atomic mass is 10.1. The Labute approximate surface area is 128 Å². The number of aryl methyl sites for hydroxylation is 1. The minimum absolute atomic E-state index is 0.461. The van der Waals surface area contributed by atoms with Crippen molar-refractivity contribution >= 4 is 27.3 Å². The second-order valence-electron chi connectivity index (χ2n) is 5.45. The highest BCUT2D eigenvalue weighted by Crippen LogP contribution is 2.33. The molecule has 1 aliphatic rings. The molecule has 1 unspecified atom stereocenters. The first-order valence-electron chi connectivity index (χ1n) is 7.00. The van der Waals surface area contributed by atoms with Crippen molar-refractivity contribution in [1.29, 1.82) is 0 Å². The van der Waals surface area contributed by atoms with Crippen molar-refractivity contribution < 1.29 is 0 Å². The van der Waals surface area contributed by atoms with Gasteiger partial charge in [-0.1, -0.05) is 40.2 Å². The Balaban J connectivity index is 2.08. The fourth-order valence-electron chi connectivity index (χ4n) is 2.64. The molecule has 104 valence electrons. The lowest BCUT2D eigenvalue weighted by Crippen LogP contribution is -2.33. The van der Waals surface area contributed by atoms with Gasteiger partial charge in [0.05, 0.1) is 0 Å². The van der Waals surface area contributed by atoms with Gasteiger partial charge in [0.1, 0.15) is 0 Å². The van der Waals surface area contributed by atoms with Gasteiger partial charge in [0, 0.05) is 35.0 Å². The molecule has 2 aromatic rings. The quantitative estimate of drug-likeness (QED) is 0.834. The van der Waals surface area contributed by atoms with E-state index in [-0.39, 0.29) is 0 Å². The topological polar surface area (TPSA) is 15.3 Å². The van der Waals surface area contributed by atoms with Gasteiger partial charge in [-0.2, -0.15) is 0 Å². The molecule has 0 bridgehead atoms. The smallest absolute Gasteiger partial charge is 0.0456 e. The maximum Gasteiger partial charge on any atom is 0.0456 e. The van der Waals surface area contributed by atoms with Gasteiger partial charge in [-0.05, 0) is 43.2 Å². The Hall–Kier alpha value is -1.32. The van der Waals surface area contributed by atoms with Crippen molar-refractivity contribution in [1.82, 2.24) is 5.32 Å². The molecule has 3 rings (SSSR count). The van der Waals surface area contributed by atoms with E-state index in [0.29, 0.717) is 6.04 Å². The van der Waals surface area contributed by atoms with Crippen LogP contribution < -0.4 is 10.2 Å². The first-order chi connectivity index (χ1) is 9.65. The lowest BCUT2D eigenvalue weighted by Gasteiger charge is -2.27. The number of anilines is 2. The van der Waals surface area contributed by atoms with Gasteiger partial charge in [-0.3, -0.25) is 0 Å². The van der Waals surface area contributed by atoms with E-state index >= 15 is 0 Å². The molecule has 1 N–H and O–H groups in total. The average Bonchev–Trinajstić information content (AvgIpc) is 2.62. The first-order valence-corrected chi connectivity index (χ1v) is 7.79. The van der Waals surface area contributed by atoms with Crippen molar-refractivity contribution in [2.75, 3.05) is 11.4 Å². The van der Waals surface area contributed by atoms with Crippen LogP contribution in [0.1, 0.15) is 18.1 Å². The zero-order chi connectivity index (χ0) is 14.1. The van der Waals surface area contributed by atoms with E-state index in [1.54, 1.807) is 0 Å². The summed E-state index contributed by atoms with van der Waals surface area (Å²) in [6.45, 7) is 6.27. The number of hydrogen-bond donors (Lipinski definition) is 1. The number of halogens is 1. The van der Waals surface area contributed by atoms with Crippen LogP contribution in [-0.2, 0) is 6.54 Å². The number of benzene rings is 2. The Bertz CT molecular complexity index is 624. The highest BCUT2D eigenvalue weighted by atomic mass is 79.9. The predicted octanol–water partition coefficient (Wildman–Crippen LogP) is 4.39. The summed E-state index contributed by atoms with van der Waals surface area (Å²) < 4.78 is 1.16. The van der Waals surface area contributed by atoms with E-state index in [4.69, 9.17) is 0 Å². The molecule has 0 fully saturated rings. The van der Waals surface area contributed by atoms with Crippen LogP contribution >= 0.6 is 15.9 Å². The zero-order valence-corrected chi connectivity index (χ0v) is 13.4. The van der Waals surface area contributed by atoms with Gasteiger partial charge in [-0.25, -0.2) is 0 Å². The van der Waals surface area contributed by atoms with E-state index in [1.165, 1.54) is 22.5 Å². The third kappa shape index (κ3) is 2.60. The Kier molecular flexibility index (Phi) is 3.81. The van der Waals surface area contributed by atoms with E-state index < -0.39 is 0 Å². The summed E-state index contributed by atoms with van der Waals surface area (Å²) in [6.07, 6.45) is 0. The highest BCUT2D eigenvalue weighted by molar-refractivity contribution is 9.10. The van der Waals surface area contributed by atoms with Crippen molar-refractivity contribution in [3.63, 3.8) is 0 Å². The van der Waals surface area contributed by atoms with E-state index in [2.05, 4.69) is 82.5 Å². The number of nitrogens with one attached hydrogen (secondary N) is 1. The van der Waals surface area contributed by atoms with Gasteiger partial charge < -0.3 is 10.2 Å². The summed E-state index contributed by atoms with van der Waals surface area (Å²) in [5.41, 5.74) is 5.17. The predicted molar refractivity (Wildman–Crippen MR) is 88.6 cm³/mol. The zero-order valence-electron chi connectivity index (χ0n) is 11.9. The Morgan fingerprint density at radius 2 is 2.00 bits per heavy atom. The molecule has 1 atom stereocenters. The first kappa shape index (κ1) is 13.7. The van der Waals surface area contributed by atoms with Crippen molar-refractivity contribution in [2.24, 2.45) is 0 Å². The molecule has 0 amide bonds. The summed E-state index contributed by atoms with van der Waals surface area (Å²) in [5.74, 6) is 0. The van der Waals surface area contributed by atoms with Crippen LogP contribution in [0.25, 0.3) is 0 Å². The molecule has 3 heteroatoms. The van der Waals surface area contributed by atoms with Gasteiger partial charge >= 0.3 is 0 Å². The molecule has 0 spiro atoms. The molecule has 1 aliphatic heterocycles. The Morgan fingerprint density at radius 1 is 1.20 bits per heavy atom. The SMILES string of the molecule is Cc1ccc(N2CC(C)NCc3ccccc32)cc1Br. The molecule has 0 radical (unpaired) electrons. The molecule has 1 heterocycles. The fraction of sp³-hybridized carbons (Fsp3) is 0.294. The van der Waals surface area contributed by atoms with E-state index in [0.717, 1.165) is 17.6 Å². The van der Waals surface area contributed by atoms with E-state index in [1.807, 2.05) is 0 Å². The summed E-state index contributed by atoms with van der Waals surface area (Å²) in [6, 6.07) is 15.7. The maximum atomic E-state index is 3.64. The van der Waals surface area contributed by atoms with Crippen LogP contribution in [0, 0.1) is 6.92 Å². The minimum atomic E-state index is 0.461. The number of rotatable bonds is 1. The molecule has 2 nitrogen and oxygen atoms in total. The molecule has 20 heavy (non-hydrogen) atoms. The second kappa shape index (κ2) is 5.58. The monoisotopic (exact) mass is 330 g/mol. The molecule has 0 saturated carbocycles. The largest absolute Gasteiger partial charge is 0.340 e. The third-order valence-electron chi connectivity index (χ3n) is 3.85. The highest BCUT2D eigenvalue weighted by Gasteiger charge is 2.20. The lowest BCUT2D eigenvalue weighted by molar-refractivity contribution is 0.568. The number of hydrogen-bond acceptors (Lipinski definition) is 2. The third-order valence-corrected chi connectivity index (χ3v) is 4.70. The molecule has 0 saturated heterocycles. The van der Waals surface area contributed by atoms with E-state index in [9.17, 15) is 0 Å². The van der Waals surface area contributed by atoms with Gasteiger partial charge in [0.2, 0.25) is 0 Å². The summed E-state index contributed by atoms with van der Waals surface area (Å²) in [7, 11) is 0. The van der Waals surface area contributed by atoms with Crippen molar-refractivity contribution in [3.8, 4) is 0 Å². The van der Waals surface area contributed by atoms with Gasteiger partial charge in [-0.15, -0.1) is 0 Å². The summed E-state index contributed by atoms with van der Waals surface area (Å²) in [5, 5.41) is 3.57. The summed E-state index contributed by atoms with van der Waals surface area (Å²) in [4.78, 5) is 2.41. The van der Waals surface area contributed by atoms with Crippen LogP contribution in [0.15, 0.2) is 46.9 Å². The van der Waals surface area contributed by atoms with Gasteiger partial charge in [0.25, 0.3) is 0 Å². The number of para-hydroxylation sites is 1. The van der Waals surface area contributed by atoms with Crippen molar-refractivity contribution in [2.45, 2.75) is 26.4 Å². The average molecular weight is 331 g/mol. The van der Waals surface area contributed by atoms with Crippen LogP contribution in [0.2, 0.25) is 0 Å². The van der Waals surface area contributed by atoms with Crippen molar-refractivity contribution in [3.05, 3.63) is 58.1 Å². The Morgan fingerprint density at radius 3 is 2.80 bits per heavy atom. The van der Waals surface area contributed by atoms with Crippen LogP contribution in [0.3, 0.4) is 0 Å². The standard InChI is InChI=1S/C17H19BrN2/c1-12-7-8-15(9-16(12)18)20-11-13(2)19-10-14-5-3-4-6-17(14)20/h3-9,13,19H,10-11H2,1-2H3. The van der Waals surface area contributed by atoms with Crippen LogP contribution in [0.4, 0.5) is 11.4 Å². The number of nitrogens with zero attached hydrogens (tertiary/aromatic N) is 1. The van der Waals surface area contributed by atoms with Gasteiger partial charge in [0.15, 0.2) is 0 Å². The molecular formula is C17H19BrN2. The summed E-state index contributed by atoms with van der Waals surface area (Å²) >= 11 is 3.64. The maximum absolute atomic E-state index is 3.64. The molecule has 0 aliphatic carbocycles. The normalized spacial score (nSPS) is 18.6. The van der Waals surface area contributed by atoms with Crippen LogP contribution in [0.5, 0.6) is 0 Å². The minimum Gasteiger partial charge on any atom is -0.340 e. The van der Waals surface area contributed by atoms with Crippen LogP contribution in [-0.4, -0.2) is 12.6 Å². The fourth-order valence-corrected chi connectivity index (χ4v) is 3.01. The number of fused-ring (bicyclic) bond motifs is 1.